The molecule has 2 N–H and O–H groups in total. The third-order valence-electron chi connectivity index (χ3n) is 4.86. The molecule has 3 rings (SSSR count). The summed E-state index contributed by atoms with van der Waals surface area (Å²) in [5.41, 5.74) is 1.39. The summed E-state index contributed by atoms with van der Waals surface area (Å²) in [5, 5.41) is 16.2. The van der Waals surface area contributed by atoms with Gasteiger partial charge in [0.05, 0.1) is 18.6 Å². The first kappa shape index (κ1) is 21.8. The summed E-state index contributed by atoms with van der Waals surface area (Å²) >= 11 is 0. The zero-order valence-electron chi connectivity index (χ0n) is 16.9. The van der Waals surface area contributed by atoms with E-state index in [1.54, 1.807) is 4.90 Å². The second kappa shape index (κ2) is 9.70. The average Bonchev–Trinajstić information content (AvgIpc) is 3.21. The lowest BCUT2D eigenvalue weighted by molar-refractivity contribution is -0.385. The van der Waals surface area contributed by atoms with Crippen LogP contribution in [0.3, 0.4) is 0 Å². The normalized spacial score (nSPS) is 13.1. The molecular weight excluding hydrogens is 404 g/mol. The lowest BCUT2D eigenvalue weighted by atomic mass is 10.1. The van der Waals surface area contributed by atoms with Gasteiger partial charge >= 0.3 is 5.69 Å². The lowest BCUT2D eigenvalue weighted by Crippen LogP contribution is -2.36. The Hall–Kier alpha value is -3.95. The summed E-state index contributed by atoms with van der Waals surface area (Å²) in [7, 11) is 1.30. The van der Waals surface area contributed by atoms with E-state index < -0.39 is 16.7 Å². The van der Waals surface area contributed by atoms with Gasteiger partial charge in [0.1, 0.15) is 0 Å². The number of nitrogens with zero attached hydrogens (tertiary/aromatic N) is 2. The van der Waals surface area contributed by atoms with E-state index in [0.717, 1.165) is 23.7 Å². The fourth-order valence-electron chi connectivity index (χ4n) is 3.21. The van der Waals surface area contributed by atoms with Gasteiger partial charge in [0.15, 0.2) is 5.75 Å². The summed E-state index contributed by atoms with van der Waals surface area (Å²) in [6.45, 7) is 0.696. The topological polar surface area (TPSA) is 131 Å². The van der Waals surface area contributed by atoms with Gasteiger partial charge in [-0.05, 0) is 36.2 Å². The van der Waals surface area contributed by atoms with Gasteiger partial charge in [0.25, 0.3) is 5.91 Å². The van der Waals surface area contributed by atoms with Crippen molar-refractivity contribution in [3.8, 4) is 5.75 Å². The lowest BCUT2D eigenvalue weighted by Gasteiger charge is -2.16. The van der Waals surface area contributed by atoms with Crippen LogP contribution in [-0.2, 0) is 16.1 Å². The standard InChI is InChI=1S/C21H22N4O6/c1-31-18-9-6-15(11-17(18)25(29)30)21(28)23-13-19(26)22-12-14-4-7-16(8-5-14)24-10-2-3-20(24)27/h4-9,11H,2-3,10,12-13H2,1H3,(H,22,26)(H,23,28). The Balaban J connectivity index is 1.49. The molecule has 0 unspecified atom stereocenters. The van der Waals surface area contributed by atoms with Crippen molar-refractivity contribution in [1.82, 2.24) is 10.6 Å². The maximum absolute atomic E-state index is 12.2. The minimum atomic E-state index is -0.646. The van der Waals surface area contributed by atoms with Crippen LogP contribution in [0.5, 0.6) is 5.75 Å². The van der Waals surface area contributed by atoms with Gasteiger partial charge in [-0.2, -0.15) is 0 Å². The van der Waals surface area contributed by atoms with Crippen molar-refractivity contribution in [3.63, 3.8) is 0 Å². The van der Waals surface area contributed by atoms with Gasteiger partial charge in [-0.15, -0.1) is 0 Å². The van der Waals surface area contributed by atoms with Crippen LogP contribution in [-0.4, -0.2) is 42.8 Å². The highest BCUT2D eigenvalue weighted by Crippen LogP contribution is 2.27. The molecule has 162 valence electrons. The van der Waals surface area contributed by atoms with Crippen molar-refractivity contribution in [2.45, 2.75) is 19.4 Å². The molecule has 0 bridgehead atoms. The van der Waals surface area contributed by atoms with Crippen LogP contribution in [0.1, 0.15) is 28.8 Å². The number of nitrogens with one attached hydrogen (secondary N) is 2. The number of ether oxygens (including phenoxy) is 1. The maximum atomic E-state index is 12.2. The van der Waals surface area contributed by atoms with Crippen molar-refractivity contribution in [2.75, 3.05) is 25.1 Å². The van der Waals surface area contributed by atoms with Crippen molar-refractivity contribution >= 4 is 29.1 Å². The Morgan fingerprint density at radius 1 is 1.16 bits per heavy atom. The molecule has 2 aromatic rings. The van der Waals surface area contributed by atoms with Crippen LogP contribution in [0.4, 0.5) is 11.4 Å². The molecule has 1 saturated heterocycles. The number of carbonyl (C=O) groups excluding carboxylic acids is 3. The van der Waals surface area contributed by atoms with E-state index >= 15 is 0 Å². The zero-order chi connectivity index (χ0) is 22.4. The summed E-state index contributed by atoms with van der Waals surface area (Å²) in [4.78, 5) is 48.2. The molecule has 0 atom stereocenters. The molecule has 1 heterocycles. The molecule has 0 aliphatic carbocycles. The SMILES string of the molecule is COc1ccc(C(=O)NCC(=O)NCc2ccc(N3CCCC3=O)cc2)cc1[N+](=O)[O-]. The predicted molar refractivity (Wildman–Crippen MR) is 112 cm³/mol. The van der Waals surface area contributed by atoms with Crippen LogP contribution in [0, 0.1) is 10.1 Å². The van der Waals surface area contributed by atoms with E-state index in [9.17, 15) is 24.5 Å². The monoisotopic (exact) mass is 426 g/mol. The predicted octanol–water partition coefficient (Wildman–Crippen LogP) is 1.78. The zero-order valence-corrected chi connectivity index (χ0v) is 16.9. The summed E-state index contributed by atoms with van der Waals surface area (Å²) in [6.07, 6.45) is 1.42. The molecule has 31 heavy (non-hydrogen) atoms. The fourth-order valence-corrected chi connectivity index (χ4v) is 3.21. The number of amides is 3. The Morgan fingerprint density at radius 3 is 2.52 bits per heavy atom. The number of carbonyl (C=O) groups is 3. The van der Waals surface area contributed by atoms with Gasteiger partial charge in [0, 0.05) is 36.8 Å². The van der Waals surface area contributed by atoms with Gasteiger partial charge in [-0.1, -0.05) is 12.1 Å². The fraction of sp³-hybridized carbons (Fsp3) is 0.286. The first-order valence-electron chi connectivity index (χ1n) is 9.65. The first-order chi connectivity index (χ1) is 14.9. The summed E-state index contributed by atoms with van der Waals surface area (Å²) < 4.78 is 4.90. The van der Waals surface area contributed by atoms with Gasteiger partial charge in [-0.25, -0.2) is 0 Å². The molecular formula is C21H22N4O6. The van der Waals surface area contributed by atoms with Crippen LogP contribution >= 0.6 is 0 Å². The van der Waals surface area contributed by atoms with E-state index in [2.05, 4.69) is 10.6 Å². The van der Waals surface area contributed by atoms with Crippen LogP contribution < -0.4 is 20.3 Å². The molecule has 1 aliphatic rings. The highest BCUT2D eigenvalue weighted by molar-refractivity contribution is 5.97. The first-order valence-corrected chi connectivity index (χ1v) is 9.65. The number of methoxy groups -OCH3 is 1. The van der Waals surface area contributed by atoms with Crippen molar-refractivity contribution in [3.05, 3.63) is 63.7 Å². The molecule has 0 spiro atoms. The number of nitro groups is 1. The minimum absolute atomic E-state index is 0.0411. The minimum Gasteiger partial charge on any atom is -0.490 e. The quantitative estimate of drug-likeness (QED) is 0.489. The van der Waals surface area contributed by atoms with Crippen molar-refractivity contribution in [1.29, 1.82) is 0 Å². The Morgan fingerprint density at radius 2 is 1.90 bits per heavy atom. The molecule has 0 aromatic heterocycles. The molecule has 10 nitrogen and oxygen atoms in total. The average molecular weight is 426 g/mol. The third kappa shape index (κ3) is 5.35. The maximum Gasteiger partial charge on any atom is 0.311 e. The highest BCUT2D eigenvalue weighted by atomic mass is 16.6. The molecule has 0 saturated carbocycles. The van der Waals surface area contributed by atoms with E-state index in [4.69, 9.17) is 4.74 Å². The number of anilines is 1. The number of hydrogen-bond donors (Lipinski definition) is 2. The van der Waals surface area contributed by atoms with Crippen molar-refractivity contribution in [2.24, 2.45) is 0 Å². The van der Waals surface area contributed by atoms with E-state index in [0.29, 0.717) is 13.0 Å². The number of hydrogen-bond acceptors (Lipinski definition) is 6. The third-order valence-corrected chi connectivity index (χ3v) is 4.86. The number of benzene rings is 2. The number of nitro benzene ring substituents is 1. The molecule has 1 aliphatic heterocycles. The second-order valence-electron chi connectivity index (χ2n) is 6.92. The smallest absolute Gasteiger partial charge is 0.311 e. The van der Waals surface area contributed by atoms with E-state index in [-0.39, 0.29) is 36.0 Å². The number of rotatable bonds is 8. The molecule has 10 heteroatoms. The Bertz CT molecular complexity index is 1010. The summed E-state index contributed by atoms with van der Waals surface area (Å²) in [6, 6.07) is 11.1. The second-order valence-corrected chi connectivity index (χ2v) is 6.92. The Labute approximate surface area is 178 Å². The molecule has 3 amide bonds. The van der Waals surface area contributed by atoms with E-state index in [1.807, 2.05) is 24.3 Å². The van der Waals surface area contributed by atoms with Crippen LogP contribution in [0.25, 0.3) is 0 Å². The van der Waals surface area contributed by atoms with Gasteiger partial charge in [0.2, 0.25) is 11.8 Å². The largest absolute Gasteiger partial charge is 0.490 e. The van der Waals surface area contributed by atoms with Gasteiger partial charge in [-0.3, -0.25) is 24.5 Å². The van der Waals surface area contributed by atoms with Crippen LogP contribution in [0.2, 0.25) is 0 Å². The van der Waals surface area contributed by atoms with Gasteiger partial charge < -0.3 is 20.3 Å². The Kier molecular flexibility index (Phi) is 6.81. The highest BCUT2D eigenvalue weighted by Gasteiger charge is 2.21. The molecule has 1 fully saturated rings. The molecule has 2 aromatic carbocycles. The van der Waals surface area contributed by atoms with Crippen LogP contribution in [0.15, 0.2) is 42.5 Å². The van der Waals surface area contributed by atoms with E-state index in [1.165, 1.54) is 19.2 Å². The van der Waals surface area contributed by atoms with Crippen molar-refractivity contribution < 1.29 is 24.0 Å². The summed E-state index contributed by atoms with van der Waals surface area (Å²) in [5.74, 6) is -0.867. The molecule has 0 radical (unpaired) electrons.